The molecular weight excluding hydrogens is 457 g/mol. The van der Waals surface area contributed by atoms with Crippen molar-refractivity contribution in [1.82, 2.24) is 5.32 Å². The molecule has 0 aromatic heterocycles. The molecule has 0 saturated carbocycles. The van der Waals surface area contributed by atoms with Crippen molar-refractivity contribution >= 4 is 18.3 Å². The van der Waals surface area contributed by atoms with E-state index in [0.29, 0.717) is 18.2 Å². The Labute approximate surface area is 174 Å². The molecular formula is C20H12F9NO2. The van der Waals surface area contributed by atoms with Gasteiger partial charge in [0.05, 0.1) is 11.1 Å². The van der Waals surface area contributed by atoms with Crippen LogP contribution in [0.3, 0.4) is 0 Å². The number of alkyl halides is 9. The van der Waals surface area contributed by atoms with Gasteiger partial charge in [0.2, 0.25) is 5.91 Å². The van der Waals surface area contributed by atoms with Gasteiger partial charge in [-0.05, 0) is 35.4 Å². The van der Waals surface area contributed by atoms with E-state index in [1.54, 1.807) is 0 Å². The van der Waals surface area contributed by atoms with Gasteiger partial charge in [0, 0.05) is 11.6 Å². The van der Waals surface area contributed by atoms with Crippen molar-refractivity contribution in [3.05, 3.63) is 76.4 Å². The van der Waals surface area contributed by atoms with Crippen LogP contribution < -0.4 is 5.32 Å². The second-order valence-corrected chi connectivity index (χ2v) is 6.40. The lowest BCUT2D eigenvalue weighted by Gasteiger charge is -2.22. The summed E-state index contributed by atoms with van der Waals surface area (Å²) in [4.78, 5) is 22.7. The zero-order chi connectivity index (χ0) is 24.3. The fourth-order valence-electron chi connectivity index (χ4n) is 2.64. The highest BCUT2D eigenvalue weighted by Gasteiger charge is 2.42. The fraction of sp³-hybridized carbons (Fsp3) is 0.200. The summed E-state index contributed by atoms with van der Waals surface area (Å²) in [5.41, 5.74) is -4.48. The molecule has 0 aliphatic heterocycles. The van der Waals surface area contributed by atoms with E-state index in [4.69, 9.17) is 0 Å². The summed E-state index contributed by atoms with van der Waals surface area (Å²) in [6.07, 6.45) is -13.8. The third-order valence-electron chi connectivity index (χ3n) is 4.10. The molecule has 0 aliphatic rings. The number of rotatable bonds is 5. The molecule has 1 atom stereocenters. The molecule has 0 heterocycles. The maximum atomic E-state index is 13.3. The van der Waals surface area contributed by atoms with Crippen molar-refractivity contribution in [2.24, 2.45) is 0 Å². The Bertz CT molecular complexity index is 1020. The largest absolute Gasteiger partial charge is 0.417 e. The smallest absolute Gasteiger partial charge is 0.337 e. The summed E-state index contributed by atoms with van der Waals surface area (Å²) in [6, 6.07) is 1.82. The van der Waals surface area contributed by atoms with Crippen LogP contribution in [0, 0.1) is 0 Å². The summed E-state index contributed by atoms with van der Waals surface area (Å²) < 4.78 is 117. The molecule has 3 nitrogen and oxygen atoms in total. The number of aldehydes is 1. The van der Waals surface area contributed by atoms with Crippen molar-refractivity contribution in [3.8, 4) is 0 Å². The zero-order valence-electron chi connectivity index (χ0n) is 15.6. The normalized spacial score (nSPS) is 13.8. The lowest BCUT2D eigenvalue weighted by Crippen LogP contribution is -2.37. The molecule has 2 aromatic carbocycles. The van der Waals surface area contributed by atoms with Crippen molar-refractivity contribution < 1.29 is 49.1 Å². The van der Waals surface area contributed by atoms with E-state index in [1.165, 1.54) is 5.32 Å². The van der Waals surface area contributed by atoms with E-state index in [0.717, 1.165) is 30.3 Å². The molecule has 0 spiro atoms. The van der Waals surface area contributed by atoms with Crippen molar-refractivity contribution in [2.45, 2.75) is 24.6 Å². The van der Waals surface area contributed by atoms with E-state index < -0.39 is 52.7 Å². The Balaban J connectivity index is 2.29. The summed E-state index contributed by atoms with van der Waals surface area (Å²) >= 11 is 0. The minimum absolute atomic E-state index is 0.0357. The van der Waals surface area contributed by atoms with E-state index >= 15 is 0 Å². The van der Waals surface area contributed by atoms with Crippen LogP contribution in [0.15, 0.2) is 48.5 Å². The number of halogens is 9. The SMILES string of the molecule is O=Cc1ccc(C=CC(=O)NC(c2cccc(C(F)(F)F)c2)C(F)(F)F)cc1C(F)(F)F. The van der Waals surface area contributed by atoms with E-state index in [-0.39, 0.29) is 17.9 Å². The molecule has 2 aromatic rings. The second kappa shape index (κ2) is 9.05. The molecule has 0 aliphatic carbocycles. The van der Waals surface area contributed by atoms with Crippen molar-refractivity contribution in [2.75, 3.05) is 0 Å². The van der Waals surface area contributed by atoms with Crippen LogP contribution in [0.2, 0.25) is 0 Å². The maximum absolute atomic E-state index is 13.3. The number of hydrogen-bond acceptors (Lipinski definition) is 2. The zero-order valence-corrected chi connectivity index (χ0v) is 15.6. The first kappa shape index (κ1) is 25.0. The lowest BCUT2D eigenvalue weighted by molar-refractivity contribution is -0.162. The highest BCUT2D eigenvalue weighted by molar-refractivity contribution is 5.92. The topological polar surface area (TPSA) is 46.2 Å². The Morgan fingerprint density at radius 2 is 1.53 bits per heavy atom. The van der Waals surface area contributed by atoms with Crippen LogP contribution in [-0.4, -0.2) is 18.4 Å². The van der Waals surface area contributed by atoms with Gasteiger partial charge in [-0.3, -0.25) is 9.59 Å². The number of carbonyl (C=O) groups is 2. The van der Waals surface area contributed by atoms with Gasteiger partial charge in [-0.2, -0.15) is 39.5 Å². The maximum Gasteiger partial charge on any atom is 0.417 e. The Kier molecular flexibility index (Phi) is 7.06. The molecule has 12 heteroatoms. The van der Waals surface area contributed by atoms with Crippen LogP contribution >= 0.6 is 0 Å². The summed E-state index contributed by atoms with van der Waals surface area (Å²) in [7, 11) is 0. The van der Waals surface area contributed by atoms with E-state index in [2.05, 4.69) is 0 Å². The van der Waals surface area contributed by atoms with Gasteiger partial charge in [-0.25, -0.2) is 0 Å². The monoisotopic (exact) mass is 469 g/mol. The third kappa shape index (κ3) is 6.34. The summed E-state index contributed by atoms with van der Waals surface area (Å²) in [6.45, 7) is 0. The predicted molar refractivity (Wildman–Crippen MR) is 94.2 cm³/mol. The molecule has 1 unspecified atom stereocenters. The standard InChI is InChI=1S/C20H12F9NO2/c21-18(22,23)14-3-1-2-12(9-14)17(20(27,28)29)30-16(32)7-5-11-4-6-13(10-31)15(8-11)19(24,25)26/h1-10,17H,(H,30,32). The lowest BCUT2D eigenvalue weighted by atomic mass is 10.0. The van der Waals surface area contributed by atoms with Gasteiger partial charge in [-0.1, -0.05) is 24.3 Å². The van der Waals surface area contributed by atoms with Gasteiger partial charge < -0.3 is 5.32 Å². The molecule has 0 radical (unpaired) electrons. The first-order valence-electron chi connectivity index (χ1n) is 8.52. The molecule has 172 valence electrons. The van der Waals surface area contributed by atoms with Gasteiger partial charge >= 0.3 is 18.5 Å². The van der Waals surface area contributed by atoms with Gasteiger partial charge in [0.15, 0.2) is 12.3 Å². The molecule has 2 rings (SSSR count). The van der Waals surface area contributed by atoms with Gasteiger partial charge in [-0.15, -0.1) is 0 Å². The average molecular weight is 469 g/mol. The minimum atomic E-state index is -5.16. The van der Waals surface area contributed by atoms with Crippen LogP contribution in [0.4, 0.5) is 39.5 Å². The quantitative estimate of drug-likeness (QED) is 0.333. The third-order valence-corrected chi connectivity index (χ3v) is 4.10. The van der Waals surface area contributed by atoms with E-state index in [1.807, 2.05) is 0 Å². The second-order valence-electron chi connectivity index (χ2n) is 6.40. The Morgan fingerprint density at radius 3 is 2.06 bits per heavy atom. The summed E-state index contributed by atoms with van der Waals surface area (Å²) in [5, 5.41) is 1.49. The molecule has 0 saturated heterocycles. The molecule has 0 bridgehead atoms. The van der Waals surface area contributed by atoms with E-state index in [9.17, 15) is 49.1 Å². The van der Waals surface area contributed by atoms with Crippen LogP contribution in [-0.2, 0) is 17.1 Å². The fourth-order valence-corrected chi connectivity index (χ4v) is 2.64. The first-order valence-corrected chi connectivity index (χ1v) is 8.52. The first-order chi connectivity index (χ1) is 14.6. The Hall–Kier alpha value is -3.31. The van der Waals surface area contributed by atoms with Crippen LogP contribution in [0.25, 0.3) is 6.08 Å². The summed E-state index contributed by atoms with van der Waals surface area (Å²) in [5.74, 6) is -1.42. The molecule has 1 amide bonds. The Morgan fingerprint density at radius 1 is 0.875 bits per heavy atom. The minimum Gasteiger partial charge on any atom is -0.337 e. The number of amides is 1. The molecule has 0 fully saturated rings. The van der Waals surface area contributed by atoms with Crippen molar-refractivity contribution in [3.63, 3.8) is 0 Å². The average Bonchev–Trinajstić information content (AvgIpc) is 2.68. The number of nitrogens with one attached hydrogen (secondary N) is 1. The van der Waals surface area contributed by atoms with Gasteiger partial charge in [0.25, 0.3) is 0 Å². The van der Waals surface area contributed by atoms with Crippen LogP contribution in [0.1, 0.15) is 38.7 Å². The predicted octanol–water partition coefficient (Wildman–Crippen LogP) is 5.97. The number of carbonyl (C=O) groups excluding carboxylic acids is 2. The van der Waals surface area contributed by atoms with Gasteiger partial charge in [0.1, 0.15) is 0 Å². The number of benzene rings is 2. The molecule has 32 heavy (non-hydrogen) atoms. The molecule has 1 N–H and O–H groups in total. The number of hydrogen-bond donors (Lipinski definition) is 1. The highest BCUT2D eigenvalue weighted by Crippen LogP contribution is 2.36. The van der Waals surface area contributed by atoms with Crippen LogP contribution in [0.5, 0.6) is 0 Å². The highest BCUT2D eigenvalue weighted by atomic mass is 19.4. The van der Waals surface area contributed by atoms with Crippen molar-refractivity contribution in [1.29, 1.82) is 0 Å².